The third-order valence-electron chi connectivity index (χ3n) is 4.24. The van der Waals surface area contributed by atoms with E-state index in [4.69, 9.17) is 9.47 Å². The molecular formula is C18H22N4O3. The van der Waals surface area contributed by atoms with Crippen molar-refractivity contribution >= 4 is 11.6 Å². The smallest absolute Gasteiger partial charge is 0.317 e. The van der Waals surface area contributed by atoms with Gasteiger partial charge in [0, 0.05) is 37.6 Å². The van der Waals surface area contributed by atoms with Gasteiger partial charge in [-0.25, -0.2) is 4.98 Å². The van der Waals surface area contributed by atoms with Gasteiger partial charge in [0.2, 0.25) is 0 Å². The molecule has 2 heterocycles. The Morgan fingerprint density at radius 3 is 2.28 bits per heavy atom. The molecule has 2 aromatic rings. The third-order valence-corrected chi connectivity index (χ3v) is 4.24. The molecule has 1 aromatic carbocycles. The van der Waals surface area contributed by atoms with E-state index >= 15 is 0 Å². The number of hydrogen-bond acceptors (Lipinski definition) is 6. The van der Waals surface area contributed by atoms with Gasteiger partial charge in [-0.2, -0.15) is 4.98 Å². The fourth-order valence-corrected chi connectivity index (χ4v) is 2.86. The van der Waals surface area contributed by atoms with E-state index in [9.17, 15) is 4.79 Å². The van der Waals surface area contributed by atoms with E-state index in [-0.39, 0.29) is 11.9 Å². The van der Waals surface area contributed by atoms with Gasteiger partial charge in [0.1, 0.15) is 11.4 Å². The molecule has 0 bridgehead atoms. The monoisotopic (exact) mass is 342 g/mol. The van der Waals surface area contributed by atoms with Crippen LogP contribution in [0.5, 0.6) is 11.8 Å². The highest BCUT2D eigenvalue weighted by atomic mass is 16.5. The largest absolute Gasteiger partial charge is 0.497 e. The minimum Gasteiger partial charge on any atom is -0.497 e. The minimum atomic E-state index is -0.0850. The van der Waals surface area contributed by atoms with Crippen molar-refractivity contribution in [2.45, 2.75) is 6.92 Å². The summed E-state index contributed by atoms with van der Waals surface area (Å²) in [5, 5.41) is 0. The average molecular weight is 342 g/mol. The summed E-state index contributed by atoms with van der Waals surface area (Å²) in [6, 6.07) is 9.89. The highest BCUT2D eigenvalue weighted by molar-refractivity contribution is 5.92. The van der Waals surface area contributed by atoms with E-state index in [0.29, 0.717) is 24.5 Å². The number of ether oxygens (including phenoxy) is 2. The molecular weight excluding hydrogens is 320 g/mol. The second-order valence-corrected chi connectivity index (χ2v) is 5.86. The van der Waals surface area contributed by atoms with Gasteiger partial charge in [-0.15, -0.1) is 0 Å². The highest BCUT2D eigenvalue weighted by Gasteiger charge is 2.24. The van der Waals surface area contributed by atoms with Crippen molar-refractivity contribution in [1.82, 2.24) is 14.9 Å². The molecule has 1 amide bonds. The first-order chi connectivity index (χ1) is 12.1. The van der Waals surface area contributed by atoms with Gasteiger partial charge >= 0.3 is 6.01 Å². The van der Waals surface area contributed by atoms with Crippen LogP contribution in [0.1, 0.15) is 16.2 Å². The van der Waals surface area contributed by atoms with Crippen molar-refractivity contribution in [3.05, 3.63) is 41.7 Å². The van der Waals surface area contributed by atoms with Gasteiger partial charge in [-0.1, -0.05) is 0 Å². The zero-order valence-corrected chi connectivity index (χ0v) is 14.7. The van der Waals surface area contributed by atoms with E-state index in [2.05, 4.69) is 14.9 Å². The van der Waals surface area contributed by atoms with Gasteiger partial charge in [0.15, 0.2) is 0 Å². The predicted octanol–water partition coefficient (Wildman–Crippen LogP) is 1.76. The Kier molecular flexibility index (Phi) is 5.02. The molecule has 1 aliphatic heterocycles. The molecule has 1 saturated heterocycles. The lowest BCUT2D eigenvalue weighted by atomic mass is 10.2. The maximum Gasteiger partial charge on any atom is 0.317 e. The summed E-state index contributed by atoms with van der Waals surface area (Å²) in [4.78, 5) is 25.1. The lowest BCUT2D eigenvalue weighted by Gasteiger charge is -2.36. The molecule has 0 unspecified atom stereocenters. The van der Waals surface area contributed by atoms with Gasteiger partial charge in [-0.05, 0) is 37.3 Å². The van der Waals surface area contributed by atoms with E-state index in [0.717, 1.165) is 24.5 Å². The molecule has 7 nitrogen and oxygen atoms in total. The first kappa shape index (κ1) is 17.0. The fourth-order valence-electron chi connectivity index (χ4n) is 2.86. The van der Waals surface area contributed by atoms with Crippen LogP contribution < -0.4 is 14.4 Å². The van der Waals surface area contributed by atoms with Crippen molar-refractivity contribution in [2.75, 3.05) is 45.3 Å². The summed E-state index contributed by atoms with van der Waals surface area (Å²) in [5.41, 5.74) is 2.22. The van der Waals surface area contributed by atoms with Crippen molar-refractivity contribution in [3.8, 4) is 11.8 Å². The molecule has 0 radical (unpaired) electrons. The van der Waals surface area contributed by atoms with Gasteiger partial charge < -0.3 is 19.3 Å². The number of amides is 1. The van der Waals surface area contributed by atoms with Crippen LogP contribution in [0.2, 0.25) is 0 Å². The van der Waals surface area contributed by atoms with Crippen molar-refractivity contribution in [1.29, 1.82) is 0 Å². The van der Waals surface area contributed by atoms with Crippen molar-refractivity contribution in [2.24, 2.45) is 0 Å². The second-order valence-electron chi connectivity index (χ2n) is 5.86. The first-order valence-corrected chi connectivity index (χ1v) is 8.18. The number of methoxy groups -OCH3 is 2. The second kappa shape index (κ2) is 7.38. The number of benzene rings is 1. The molecule has 0 spiro atoms. The number of carbonyl (C=O) groups excluding carboxylic acids is 1. The molecule has 1 aliphatic rings. The number of anilines is 1. The number of hydrogen-bond donors (Lipinski definition) is 0. The molecule has 3 rings (SSSR count). The van der Waals surface area contributed by atoms with Crippen LogP contribution in [-0.2, 0) is 0 Å². The van der Waals surface area contributed by atoms with Crippen molar-refractivity contribution in [3.63, 3.8) is 0 Å². The molecule has 0 saturated carbocycles. The average Bonchev–Trinajstić information content (AvgIpc) is 2.67. The van der Waals surface area contributed by atoms with Crippen LogP contribution in [0.4, 0.5) is 5.69 Å². The molecule has 1 aromatic heterocycles. The summed E-state index contributed by atoms with van der Waals surface area (Å²) in [6.45, 7) is 4.67. The lowest BCUT2D eigenvalue weighted by Crippen LogP contribution is -2.49. The Labute approximate surface area is 147 Å². The van der Waals surface area contributed by atoms with E-state index in [1.165, 1.54) is 7.11 Å². The SMILES string of the molecule is COc1ccc(N2CCN(C(=O)c3cc(C)nc(OC)n3)CC2)cc1. The Balaban J connectivity index is 1.65. The Morgan fingerprint density at radius 2 is 1.68 bits per heavy atom. The quantitative estimate of drug-likeness (QED) is 0.843. The van der Waals surface area contributed by atoms with E-state index < -0.39 is 0 Å². The summed E-state index contributed by atoms with van der Waals surface area (Å²) in [5.74, 6) is 0.754. The van der Waals surface area contributed by atoms with Crippen LogP contribution >= 0.6 is 0 Å². The fraction of sp³-hybridized carbons (Fsp3) is 0.389. The zero-order chi connectivity index (χ0) is 17.8. The normalized spacial score (nSPS) is 14.4. The maximum atomic E-state index is 12.7. The van der Waals surface area contributed by atoms with Crippen LogP contribution in [0, 0.1) is 6.92 Å². The minimum absolute atomic E-state index is 0.0850. The third kappa shape index (κ3) is 3.81. The molecule has 25 heavy (non-hydrogen) atoms. The molecule has 0 atom stereocenters. The Bertz CT molecular complexity index is 740. The van der Waals surface area contributed by atoms with Crippen LogP contribution in [0.25, 0.3) is 0 Å². The topological polar surface area (TPSA) is 67.8 Å². The number of nitrogens with zero attached hydrogens (tertiary/aromatic N) is 4. The number of aryl methyl sites for hydroxylation is 1. The van der Waals surface area contributed by atoms with Crippen LogP contribution in [0.3, 0.4) is 0 Å². The van der Waals surface area contributed by atoms with Crippen LogP contribution in [-0.4, -0.2) is 61.2 Å². The molecule has 1 fully saturated rings. The van der Waals surface area contributed by atoms with E-state index in [1.807, 2.05) is 36.1 Å². The molecule has 0 aliphatic carbocycles. The van der Waals surface area contributed by atoms with Gasteiger partial charge in [-0.3, -0.25) is 4.79 Å². The van der Waals surface area contributed by atoms with Crippen LogP contribution in [0.15, 0.2) is 30.3 Å². The number of rotatable bonds is 4. The lowest BCUT2D eigenvalue weighted by molar-refractivity contribution is 0.0739. The standard InChI is InChI=1S/C18H22N4O3/c1-13-12-16(20-18(19-13)25-3)17(23)22-10-8-21(9-11-22)14-4-6-15(24-2)7-5-14/h4-7,12H,8-11H2,1-3H3. The summed E-state index contributed by atoms with van der Waals surface area (Å²) in [6.07, 6.45) is 0. The number of carbonyl (C=O) groups is 1. The number of aromatic nitrogens is 2. The Morgan fingerprint density at radius 1 is 1.00 bits per heavy atom. The molecule has 0 N–H and O–H groups in total. The predicted molar refractivity (Wildman–Crippen MR) is 94.4 cm³/mol. The highest BCUT2D eigenvalue weighted by Crippen LogP contribution is 2.21. The molecule has 7 heteroatoms. The zero-order valence-electron chi connectivity index (χ0n) is 14.7. The van der Waals surface area contributed by atoms with Gasteiger partial charge in [0.25, 0.3) is 5.91 Å². The van der Waals surface area contributed by atoms with E-state index in [1.54, 1.807) is 13.2 Å². The number of piperazine rings is 1. The first-order valence-electron chi connectivity index (χ1n) is 8.18. The molecule has 132 valence electrons. The summed E-state index contributed by atoms with van der Waals surface area (Å²) >= 11 is 0. The summed E-state index contributed by atoms with van der Waals surface area (Å²) in [7, 11) is 3.15. The maximum absolute atomic E-state index is 12.7. The van der Waals surface area contributed by atoms with Gasteiger partial charge in [0.05, 0.1) is 14.2 Å². The Hall–Kier alpha value is -2.83. The summed E-state index contributed by atoms with van der Waals surface area (Å²) < 4.78 is 10.2. The van der Waals surface area contributed by atoms with Crippen molar-refractivity contribution < 1.29 is 14.3 Å².